The van der Waals surface area contributed by atoms with Gasteiger partial charge in [0.15, 0.2) is 17.4 Å². The van der Waals surface area contributed by atoms with Gasteiger partial charge in [-0.1, -0.05) is 15.9 Å². The monoisotopic (exact) mass is 348 g/mol. The largest absolute Gasteiger partial charge is 0.485 e. The van der Waals surface area contributed by atoms with Gasteiger partial charge in [0.1, 0.15) is 13.2 Å². The van der Waals surface area contributed by atoms with Crippen molar-refractivity contribution in [2.75, 3.05) is 19.8 Å². The van der Waals surface area contributed by atoms with Crippen molar-refractivity contribution in [3.8, 4) is 5.75 Å². The number of rotatable bonds is 6. The van der Waals surface area contributed by atoms with E-state index in [-0.39, 0.29) is 11.9 Å². The zero-order valence-electron chi connectivity index (χ0n) is 9.57. The Bertz CT molecular complexity index is 399. The lowest BCUT2D eigenvalue weighted by molar-refractivity contribution is -0.175. The molecule has 0 aliphatic heterocycles. The van der Waals surface area contributed by atoms with Crippen LogP contribution in [0.3, 0.4) is 0 Å². The van der Waals surface area contributed by atoms with Crippen molar-refractivity contribution in [3.05, 3.63) is 29.3 Å². The van der Waals surface area contributed by atoms with Crippen LogP contribution in [0.25, 0.3) is 0 Å². The molecule has 0 bridgehead atoms. The van der Waals surface area contributed by atoms with Crippen molar-refractivity contribution in [2.24, 2.45) is 0 Å². The molecule has 0 saturated heterocycles. The van der Waals surface area contributed by atoms with Crippen LogP contribution in [0.5, 0.6) is 5.75 Å². The summed E-state index contributed by atoms with van der Waals surface area (Å²) in [5.41, 5.74) is 0.385. The molecule has 0 atom stereocenters. The molecule has 0 spiro atoms. The number of halogens is 6. The van der Waals surface area contributed by atoms with E-state index in [9.17, 15) is 22.0 Å². The second kappa shape index (κ2) is 7.04. The van der Waals surface area contributed by atoms with Crippen LogP contribution in [-0.2, 0) is 10.1 Å². The van der Waals surface area contributed by atoms with Crippen LogP contribution in [-0.4, -0.2) is 26.0 Å². The molecule has 0 aromatic heterocycles. The van der Waals surface area contributed by atoms with Gasteiger partial charge in [0.05, 0.1) is 6.61 Å². The summed E-state index contributed by atoms with van der Waals surface area (Å²) in [6, 6.07) is 2.15. The van der Waals surface area contributed by atoms with E-state index >= 15 is 0 Å². The van der Waals surface area contributed by atoms with E-state index in [4.69, 9.17) is 4.74 Å². The molecule has 1 rings (SSSR count). The van der Waals surface area contributed by atoms with Crippen LogP contribution in [0, 0.1) is 11.6 Å². The minimum atomic E-state index is -4.44. The highest BCUT2D eigenvalue weighted by Gasteiger charge is 2.27. The second-order valence-electron chi connectivity index (χ2n) is 3.54. The van der Waals surface area contributed by atoms with Crippen molar-refractivity contribution >= 4 is 15.9 Å². The van der Waals surface area contributed by atoms with Crippen LogP contribution < -0.4 is 4.74 Å². The van der Waals surface area contributed by atoms with E-state index in [1.165, 1.54) is 0 Å². The molecule has 0 amide bonds. The fraction of sp³-hybridized carbons (Fsp3) is 0.455. The molecule has 0 radical (unpaired) electrons. The van der Waals surface area contributed by atoms with E-state index in [1.54, 1.807) is 0 Å². The molecule has 0 aliphatic rings. The molecule has 0 unspecified atom stereocenters. The number of benzene rings is 1. The zero-order chi connectivity index (χ0) is 14.5. The van der Waals surface area contributed by atoms with Crippen LogP contribution >= 0.6 is 15.9 Å². The Labute approximate surface area is 114 Å². The van der Waals surface area contributed by atoms with Crippen LogP contribution in [0.15, 0.2) is 12.1 Å². The quantitative estimate of drug-likeness (QED) is 0.442. The van der Waals surface area contributed by atoms with Crippen molar-refractivity contribution < 1.29 is 31.4 Å². The summed E-state index contributed by atoms with van der Waals surface area (Å²) in [6.45, 7) is -2.22. The maximum absolute atomic E-state index is 13.4. The van der Waals surface area contributed by atoms with Crippen molar-refractivity contribution in [3.63, 3.8) is 0 Å². The van der Waals surface area contributed by atoms with Crippen molar-refractivity contribution in [2.45, 2.75) is 11.5 Å². The standard InChI is InChI=1S/C11H10BrF5O2/c12-5-7-3-8(13)10(9(14)4-7)19-2-1-18-6-11(15,16)17/h3-4H,1-2,5-6H2. The predicted molar refractivity (Wildman–Crippen MR) is 61.4 cm³/mol. The molecule has 108 valence electrons. The molecule has 8 heteroatoms. The fourth-order valence-electron chi connectivity index (χ4n) is 1.22. The first-order valence-electron chi connectivity index (χ1n) is 5.14. The van der Waals surface area contributed by atoms with Gasteiger partial charge in [-0.3, -0.25) is 0 Å². The van der Waals surface area contributed by atoms with Gasteiger partial charge in [-0.25, -0.2) is 8.78 Å². The Hall–Kier alpha value is -0.890. The van der Waals surface area contributed by atoms with Gasteiger partial charge in [0.25, 0.3) is 0 Å². The molecule has 0 fully saturated rings. The third-order valence-electron chi connectivity index (χ3n) is 1.95. The van der Waals surface area contributed by atoms with Gasteiger partial charge >= 0.3 is 6.18 Å². The van der Waals surface area contributed by atoms with Crippen LogP contribution in [0.2, 0.25) is 0 Å². The van der Waals surface area contributed by atoms with Gasteiger partial charge in [0, 0.05) is 5.33 Å². The van der Waals surface area contributed by atoms with E-state index in [0.717, 1.165) is 12.1 Å². The highest BCUT2D eigenvalue weighted by Crippen LogP contribution is 2.24. The Balaban J connectivity index is 2.46. The van der Waals surface area contributed by atoms with E-state index in [1.807, 2.05) is 0 Å². The number of hydrogen-bond acceptors (Lipinski definition) is 2. The van der Waals surface area contributed by atoms with Crippen LogP contribution in [0.4, 0.5) is 22.0 Å². The van der Waals surface area contributed by atoms with Crippen molar-refractivity contribution in [1.29, 1.82) is 0 Å². The summed E-state index contributed by atoms with van der Waals surface area (Å²) in [6.07, 6.45) is -4.44. The lowest BCUT2D eigenvalue weighted by Gasteiger charge is -2.11. The SMILES string of the molecule is Fc1cc(CBr)cc(F)c1OCCOCC(F)(F)F. The van der Waals surface area contributed by atoms with E-state index in [2.05, 4.69) is 20.7 Å². The number of ether oxygens (including phenoxy) is 2. The van der Waals surface area contributed by atoms with Gasteiger partial charge in [-0.2, -0.15) is 13.2 Å². The summed E-state index contributed by atoms with van der Waals surface area (Å²) < 4.78 is 70.9. The highest BCUT2D eigenvalue weighted by molar-refractivity contribution is 9.08. The lowest BCUT2D eigenvalue weighted by Crippen LogP contribution is -2.19. The smallest absolute Gasteiger partial charge is 0.411 e. The summed E-state index contributed by atoms with van der Waals surface area (Å²) in [5.74, 6) is -2.45. The molecular weight excluding hydrogens is 339 g/mol. The molecule has 0 saturated carbocycles. The molecule has 1 aromatic rings. The first-order valence-corrected chi connectivity index (χ1v) is 6.27. The first-order chi connectivity index (χ1) is 8.83. The number of hydrogen-bond donors (Lipinski definition) is 0. The van der Waals surface area contributed by atoms with E-state index in [0.29, 0.717) is 5.56 Å². The maximum atomic E-state index is 13.4. The second-order valence-corrected chi connectivity index (χ2v) is 4.10. The highest BCUT2D eigenvalue weighted by atomic mass is 79.9. The zero-order valence-corrected chi connectivity index (χ0v) is 11.2. The third-order valence-corrected chi connectivity index (χ3v) is 2.60. The van der Waals surface area contributed by atoms with Gasteiger partial charge in [0.2, 0.25) is 0 Å². The Kier molecular flexibility index (Phi) is 5.99. The summed E-state index contributed by atoms with van der Waals surface area (Å²) >= 11 is 3.04. The van der Waals surface area contributed by atoms with Gasteiger partial charge in [-0.05, 0) is 17.7 Å². The fourth-order valence-corrected chi connectivity index (χ4v) is 1.54. The van der Waals surface area contributed by atoms with Gasteiger partial charge < -0.3 is 9.47 Å². The third kappa shape index (κ3) is 5.73. The average molecular weight is 349 g/mol. The molecule has 19 heavy (non-hydrogen) atoms. The molecule has 0 heterocycles. The molecule has 1 aromatic carbocycles. The number of alkyl halides is 4. The normalized spacial score (nSPS) is 11.7. The minimum Gasteiger partial charge on any atom is -0.485 e. The first kappa shape index (κ1) is 16.2. The predicted octanol–water partition coefficient (Wildman–Crippen LogP) is 3.82. The summed E-state index contributed by atoms with van der Waals surface area (Å²) in [5, 5.41) is 0.274. The Morgan fingerprint density at radius 2 is 1.63 bits per heavy atom. The van der Waals surface area contributed by atoms with Gasteiger partial charge in [-0.15, -0.1) is 0 Å². The van der Waals surface area contributed by atoms with Crippen molar-refractivity contribution in [1.82, 2.24) is 0 Å². The molecule has 0 N–H and O–H groups in total. The molecule has 2 nitrogen and oxygen atoms in total. The summed E-state index contributed by atoms with van der Waals surface area (Å²) in [4.78, 5) is 0. The Morgan fingerprint density at radius 3 is 2.11 bits per heavy atom. The minimum absolute atomic E-state index is 0.274. The molecular formula is C11H10BrF5O2. The molecule has 0 aliphatic carbocycles. The topological polar surface area (TPSA) is 18.5 Å². The average Bonchev–Trinajstić information content (AvgIpc) is 2.30. The summed E-state index contributed by atoms with van der Waals surface area (Å²) in [7, 11) is 0. The maximum Gasteiger partial charge on any atom is 0.411 e. The lowest BCUT2D eigenvalue weighted by atomic mass is 10.2. The van der Waals surface area contributed by atoms with E-state index < -0.39 is 36.8 Å². The Morgan fingerprint density at radius 1 is 1.05 bits per heavy atom. The van der Waals surface area contributed by atoms with Crippen LogP contribution in [0.1, 0.15) is 5.56 Å².